The molecule has 5 heteroatoms. The number of aliphatic hydroxyl groups is 1. The molecule has 0 aromatic carbocycles. The average Bonchev–Trinajstić information content (AvgIpc) is 2.33. The highest BCUT2D eigenvalue weighted by Gasteiger charge is 2.25. The van der Waals surface area contributed by atoms with Crippen molar-refractivity contribution in [2.24, 2.45) is 5.92 Å². The number of hydrogen-bond donors (Lipinski definition) is 1. The van der Waals surface area contributed by atoms with Crippen molar-refractivity contribution in [1.82, 2.24) is 9.97 Å². The van der Waals surface area contributed by atoms with Crippen molar-refractivity contribution in [1.29, 1.82) is 0 Å². The maximum atomic E-state index is 9.69. The molecule has 1 aliphatic heterocycles. The minimum Gasteiger partial charge on any atom is -0.393 e. The fourth-order valence-corrected chi connectivity index (χ4v) is 2.08. The molecule has 2 heterocycles. The van der Waals surface area contributed by atoms with Crippen molar-refractivity contribution >= 4 is 5.95 Å². The van der Waals surface area contributed by atoms with Gasteiger partial charge in [0.15, 0.2) is 0 Å². The molecule has 1 aliphatic rings. The van der Waals surface area contributed by atoms with Crippen molar-refractivity contribution in [3.63, 3.8) is 0 Å². The number of aromatic nitrogens is 2. The summed E-state index contributed by atoms with van der Waals surface area (Å²) in [6.45, 7) is 4.16. The molecule has 1 fully saturated rings. The normalized spacial score (nSPS) is 25.0. The van der Waals surface area contributed by atoms with Gasteiger partial charge in [0.25, 0.3) is 0 Å². The molecular weight excluding hydrogens is 218 g/mol. The number of anilines is 1. The third-order valence-corrected chi connectivity index (χ3v) is 3.14. The standard InChI is InChI=1S/C12H19N3O2/c1-9-7-15(6-4-11(9)16)12-13-5-3-10(14-12)8-17-2/h3,5,9,11,16H,4,6-8H2,1-2H3/t9?,11-/m0/s1. The molecule has 94 valence electrons. The molecule has 1 aromatic rings. The van der Waals surface area contributed by atoms with Crippen LogP contribution in [0.5, 0.6) is 0 Å². The summed E-state index contributed by atoms with van der Waals surface area (Å²) in [5.74, 6) is 0.997. The van der Waals surface area contributed by atoms with E-state index in [4.69, 9.17) is 4.74 Å². The Morgan fingerprint density at radius 1 is 1.59 bits per heavy atom. The summed E-state index contributed by atoms with van der Waals surface area (Å²) >= 11 is 0. The van der Waals surface area contributed by atoms with Crippen LogP contribution in [-0.4, -0.2) is 41.4 Å². The van der Waals surface area contributed by atoms with Crippen LogP contribution < -0.4 is 4.90 Å². The Morgan fingerprint density at radius 3 is 3.12 bits per heavy atom. The van der Waals surface area contributed by atoms with E-state index in [1.165, 1.54) is 0 Å². The highest BCUT2D eigenvalue weighted by molar-refractivity contribution is 5.31. The lowest BCUT2D eigenvalue weighted by Gasteiger charge is -2.34. The van der Waals surface area contributed by atoms with Gasteiger partial charge in [-0.15, -0.1) is 0 Å². The Hall–Kier alpha value is -1.20. The lowest BCUT2D eigenvalue weighted by atomic mass is 9.97. The first-order chi connectivity index (χ1) is 8.20. The molecule has 1 saturated heterocycles. The maximum Gasteiger partial charge on any atom is 0.225 e. The second kappa shape index (κ2) is 5.42. The van der Waals surface area contributed by atoms with Crippen molar-refractivity contribution in [3.8, 4) is 0 Å². The molecule has 0 aliphatic carbocycles. The molecular formula is C12H19N3O2. The summed E-state index contributed by atoms with van der Waals surface area (Å²) in [4.78, 5) is 10.9. The van der Waals surface area contributed by atoms with E-state index in [2.05, 4.69) is 21.8 Å². The molecule has 1 N–H and O–H groups in total. The Labute approximate surface area is 101 Å². The van der Waals surface area contributed by atoms with Gasteiger partial charge >= 0.3 is 0 Å². The predicted molar refractivity (Wildman–Crippen MR) is 64.7 cm³/mol. The molecule has 2 rings (SSSR count). The summed E-state index contributed by atoms with van der Waals surface area (Å²) in [5, 5.41) is 9.69. The number of piperidine rings is 1. The fraction of sp³-hybridized carbons (Fsp3) is 0.667. The van der Waals surface area contributed by atoms with E-state index in [1.807, 2.05) is 6.07 Å². The van der Waals surface area contributed by atoms with E-state index < -0.39 is 0 Å². The zero-order valence-electron chi connectivity index (χ0n) is 10.3. The number of methoxy groups -OCH3 is 1. The number of hydrogen-bond acceptors (Lipinski definition) is 5. The lowest BCUT2D eigenvalue weighted by Crippen LogP contribution is -2.42. The van der Waals surface area contributed by atoms with Gasteiger partial charge in [0.2, 0.25) is 5.95 Å². The van der Waals surface area contributed by atoms with Gasteiger partial charge in [-0.1, -0.05) is 6.92 Å². The Bertz CT molecular complexity index is 373. The SMILES string of the molecule is COCc1ccnc(N2CC[C@H](O)C(C)C2)n1. The average molecular weight is 237 g/mol. The van der Waals surface area contributed by atoms with Crippen LogP contribution in [-0.2, 0) is 11.3 Å². The number of rotatable bonds is 3. The van der Waals surface area contributed by atoms with Crippen LogP contribution in [0, 0.1) is 5.92 Å². The first-order valence-corrected chi connectivity index (χ1v) is 5.94. The zero-order valence-corrected chi connectivity index (χ0v) is 10.3. The highest BCUT2D eigenvalue weighted by atomic mass is 16.5. The summed E-state index contributed by atoms with van der Waals surface area (Å²) < 4.78 is 5.06. The zero-order chi connectivity index (χ0) is 12.3. The van der Waals surface area contributed by atoms with E-state index in [-0.39, 0.29) is 12.0 Å². The van der Waals surface area contributed by atoms with Gasteiger partial charge in [-0.2, -0.15) is 0 Å². The molecule has 5 nitrogen and oxygen atoms in total. The van der Waals surface area contributed by atoms with Crippen LogP contribution in [0.2, 0.25) is 0 Å². The third-order valence-electron chi connectivity index (χ3n) is 3.14. The molecule has 1 unspecified atom stereocenters. The molecule has 0 amide bonds. The van der Waals surface area contributed by atoms with Crippen LogP contribution in [0.25, 0.3) is 0 Å². The van der Waals surface area contributed by atoms with Crippen LogP contribution in [0.4, 0.5) is 5.95 Å². The van der Waals surface area contributed by atoms with Crippen LogP contribution >= 0.6 is 0 Å². The molecule has 2 atom stereocenters. The predicted octanol–water partition coefficient (Wildman–Crippen LogP) is 0.830. The van der Waals surface area contributed by atoms with Crippen molar-refractivity contribution in [2.45, 2.75) is 26.1 Å². The lowest BCUT2D eigenvalue weighted by molar-refractivity contribution is 0.0966. The second-order valence-corrected chi connectivity index (χ2v) is 4.56. The summed E-state index contributed by atoms with van der Waals surface area (Å²) in [7, 11) is 1.65. The van der Waals surface area contributed by atoms with Gasteiger partial charge in [-0.25, -0.2) is 9.97 Å². The number of nitrogens with zero attached hydrogens (tertiary/aromatic N) is 3. The Kier molecular flexibility index (Phi) is 3.91. The van der Waals surface area contributed by atoms with E-state index in [9.17, 15) is 5.11 Å². The maximum absolute atomic E-state index is 9.69. The van der Waals surface area contributed by atoms with E-state index in [0.29, 0.717) is 6.61 Å². The van der Waals surface area contributed by atoms with E-state index in [0.717, 1.165) is 31.2 Å². The molecule has 17 heavy (non-hydrogen) atoms. The summed E-state index contributed by atoms with van der Waals surface area (Å²) in [6, 6.07) is 1.86. The minimum absolute atomic E-state index is 0.201. The summed E-state index contributed by atoms with van der Waals surface area (Å²) in [5.41, 5.74) is 0.885. The van der Waals surface area contributed by atoms with Gasteiger partial charge < -0.3 is 14.7 Å². The van der Waals surface area contributed by atoms with Crippen molar-refractivity contribution in [3.05, 3.63) is 18.0 Å². The number of ether oxygens (including phenoxy) is 1. The third kappa shape index (κ3) is 2.92. The van der Waals surface area contributed by atoms with Crippen LogP contribution in [0.3, 0.4) is 0 Å². The van der Waals surface area contributed by atoms with Crippen LogP contribution in [0.15, 0.2) is 12.3 Å². The topological polar surface area (TPSA) is 58.5 Å². The van der Waals surface area contributed by atoms with Crippen molar-refractivity contribution < 1.29 is 9.84 Å². The minimum atomic E-state index is -0.201. The van der Waals surface area contributed by atoms with Crippen LogP contribution in [0.1, 0.15) is 19.0 Å². The highest BCUT2D eigenvalue weighted by Crippen LogP contribution is 2.20. The Balaban J connectivity index is 2.09. The molecule has 0 bridgehead atoms. The largest absolute Gasteiger partial charge is 0.393 e. The van der Waals surface area contributed by atoms with Gasteiger partial charge in [0.1, 0.15) is 0 Å². The van der Waals surface area contributed by atoms with E-state index >= 15 is 0 Å². The van der Waals surface area contributed by atoms with Gasteiger partial charge in [-0.3, -0.25) is 0 Å². The van der Waals surface area contributed by atoms with Gasteiger partial charge in [0, 0.05) is 26.4 Å². The molecule has 1 aromatic heterocycles. The fourth-order valence-electron chi connectivity index (χ4n) is 2.08. The number of aliphatic hydroxyl groups excluding tert-OH is 1. The molecule has 0 radical (unpaired) electrons. The first kappa shape index (κ1) is 12.3. The quantitative estimate of drug-likeness (QED) is 0.844. The molecule has 0 spiro atoms. The smallest absolute Gasteiger partial charge is 0.225 e. The van der Waals surface area contributed by atoms with Crippen molar-refractivity contribution in [2.75, 3.05) is 25.1 Å². The van der Waals surface area contributed by atoms with E-state index in [1.54, 1.807) is 13.3 Å². The molecule has 0 saturated carbocycles. The monoisotopic (exact) mass is 237 g/mol. The summed E-state index contributed by atoms with van der Waals surface area (Å²) in [6.07, 6.45) is 2.33. The second-order valence-electron chi connectivity index (χ2n) is 4.56. The Morgan fingerprint density at radius 2 is 2.41 bits per heavy atom. The first-order valence-electron chi connectivity index (χ1n) is 5.94. The van der Waals surface area contributed by atoms with Gasteiger partial charge in [0.05, 0.1) is 18.4 Å². The van der Waals surface area contributed by atoms with Gasteiger partial charge in [-0.05, 0) is 18.4 Å².